The molecule has 5 heteroatoms. The molecule has 0 saturated carbocycles. The highest BCUT2D eigenvalue weighted by molar-refractivity contribution is 6.42. The third-order valence-electron chi connectivity index (χ3n) is 5.69. The van der Waals surface area contributed by atoms with Gasteiger partial charge in [0.05, 0.1) is 16.7 Å². The average molecular weight is 434 g/mol. The first kappa shape index (κ1) is 22.4. The lowest BCUT2D eigenvalue weighted by molar-refractivity contribution is 0.0832. The highest BCUT2D eigenvalue weighted by atomic mass is 35.5. The number of nitrogens with two attached hydrogens (primary N) is 1. The van der Waals surface area contributed by atoms with Gasteiger partial charge in [0.25, 0.3) is 0 Å². The standard InChI is InChI=1S/C24H33Cl2N3/c1-18(2)15-29(16-21-5-3-4-6-24(21)27)17-28-11-9-19(10-12-28)13-20-7-8-22(25)23(26)14-20/h3-8,14,18-19H,9-13,15-17,27H2,1-2H3. The molecule has 158 valence electrons. The van der Waals surface area contributed by atoms with E-state index in [1.165, 1.54) is 24.0 Å². The number of piperidine rings is 1. The molecule has 2 aromatic rings. The Hall–Kier alpha value is -1.26. The summed E-state index contributed by atoms with van der Waals surface area (Å²) in [5.74, 6) is 1.35. The van der Waals surface area contributed by atoms with Crippen LogP contribution >= 0.6 is 23.2 Å². The van der Waals surface area contributed by atoms with Crippen molar-refractivity contribution in [3.8, 4) is 0 Å². The van der Waals surface area contributed by atoms with Crippen molar-refractivity contribution >= 4 is 28.9 Å². The molecule has 1 fully saturated rings. The van der Waals surface area contributed by atoms with E-state index in [2.05, 4.69) is 41.8 Å². The number of anilines is 1. The van der Waals surface area contributed by atoms with Crippen molar-refractivity contribution in [2.45, 2.75) is 39.7 Å². The van der Waals surface area contributed by atoms with Crippen LogP contribution in [0.5, 0.6) is 0 Å². The molecule has 2 aromatic carbocycles. The van der Waals surface area contributed by atoms with E-state index in [1.807, 2.05) is 24.3 Å². The minimum absolute atomic E-state index is 0.632. The molecule has 29 heavy (non-hydrogen) atoms. The van der Waals surface area contributed by atoms with Crippen LogP contribution in [0.1, 0.15) is 37.8 Å². The number of nitrogens with zero attached hydrogens (tertiary/aromatic N) is 2. The van der Waals surface area contributed by atoms with E-state index in [0.29, 0.717) is 21.9 Å². The second-order valence-corrected chi connectivity index (χ2v) is 9.57. The van der Waals surface area contributed by atoms with E-state index >= 15 is 0 Å². The van der Waals surface area contributed by atoms with Crippen LogP contribution in [-0.2, 0) is 13.0 Å². The fourth-order valence-electron chi connectivity index (χ4n) is 4.22. The number of hydrogen-bond acceptors (Lipinski definition) is 3. The van der Waals surface area contributed by atoms with Crippen LogP contribution in [0.3, 0.4) is 0 Å². The lowest BCUT2D eigenvalue weighted by atomic mass is 9.90. The third-order valence-corrected chi connectivity index (χ3v) is 6.43. The Morgan fingerprint density at radius 2 is 1.79 bits per heavy atom. The van der Waals surface area contributed by atoms with Crippen molar-refractivity contribution in [2.75, 3.05) is 32.0 Å². The Kier molecular flexibility index (Phi) is 8.25. The Balaban J connectivity index is 1.52. The summed E-state index contributed by atoms with van der Waals surface area (Å²) in [6.45, 7) is 9.85. The highest BCUT2D eigenvalue weighted by Gasteiger charge is 2.22. The van der Waals surface area contributed by atoms with Gasteiger partial charge in [-0.1, -0.05) is 61.3 Å². The maximum absolute atomic E-state index is 6.19. The number of halogens is 2. The maximum atomic E-state index is 6.19. The van der Waals surface area contributed by atoms with Gasteiger partial charge in [0.15, 0.2) is 0 Å². The van der Waals surface area contributed by atoms with Crippen molar-refractivity contribution in [3.05, 3.63) is 63.6 Å². The molecule has 2 N–H and O–H groups in total. The zero-order chi connectivity index (χ0) is 20.8. The fraction of sp³-hybridized carbons (Fsp3) is 0.500. The zero-order valence-electron chi connectivity index (χ0n) is 17.6. The molecule has 0 unspecified atom stereocenters. The van der Waals surface area contributed by atoms with Gasteiger partial charge >= 0.3 is 0 Å². The number of benzene rings is 2. The van der Waals surface area contributed by atoms with Gasteiger partial charge in [-0.2, -0.15) is 0 Å². The molecule has 0 aromatic heterocycles. The van der Waals surface area contributed by atoms with Gasteiger partial charge in [-0.25, -0.2) is 0 Å². The lowest BCUT2D eigenvalue weighted by Gasteiger charge is -2.36. The predicted octanol–water partition coefficient (Wildman–Crippen LogP) is 5.95. The molecule has 0 atom stereocenters. The summed E-state index contributed by atoms with van der Waals surface area (Å²) in [6.07, 6.45) is 3.54. The molecule has 3 rings (SSSR count). The molecular formula is C24H33Cl2N3. The Bertz CT molecular complexity index is 785. The highest BCUT2D eigenvalue weighted by Crippen LogP contribution is 2.27. The molecule has 1 aliphatic rings. The predicted molar refractivity (Wildman–Crippen MR) is 125 cm³/mol. The molecule has 0 radical (unpaired) electrons. The number of rotatable bonds is 8. The van der Waals surface area contributed by atoms with E-state index in [0.717, 1.165) is 45.0 Å². The van der Waals surface area contributed by atoms with Crippen LogP contribution in [0.2, 0.25) is 10.0 Å². The number of para-hydroxylation sites is 1. The van der Waals surface area contributed by atoms with E-state index < -0.39 is 0 Å². The number of nitrogen functional groups attached to an aromatic ring is 1. The minimum Gasteiger partial charge on any atom is -0.398 e. The summed E-state index contributed by atoms with van der Waals surface area (Å²) in [6, 6.07) is 14.3. The summed E-state index contributed by atoms with van der Waals surface area (Å²) < 4.78 is 0. The van der Waals surface area contributed by atoms with Crippen molar-refractivity contribution in [1.82, 2.24) is 9.80 Å². The Labute approximate surface area is 185 Å². The first-order valence-corrected chi connectivity index (χ1v) is 11.4. The SMILES string of the molecule is CC(C)CN(Cc1ccccc1N)CN1CCC(Cc2ccc(Cl)c(Cl)c2)CC1. The summed E-state index contributed by atoms with van der Waals surface area (Å²) >= 11 is 12.2. The average Bonchev–Trinajstić information content (AvgIpc) is 2.67. The Morgan fingerprint density at radius 1 is 1.07 bits per heavy atom. The minimum atomic E-state index is 0.632. The zero-order valence-corrected chi connectivity index (χ0v) is 19.1. The molecular weight excluding hydrogens is 401 g/mol. The summed E-state index contributed by atoms with van der Waals surface area (Å²) in [7, 11) is 0. The first-order chi connectivity index (χ1) is 13.9. The molecule has 1 saturated heterocycles. The molecule has 0 spiro atoms. The van der Waals surface area contributed by atoms with Gasteiger partial charge in [0.2, 0.25) is 0 Å². The van der Waals surface area contributed by atoms with Gasteiger partial charge in [-0.3, -0.25) is 9.80 Å². The van der Waals surface area contributed by atoms with Crippen LogP contribution < -0.4 is 5.73 Å². The molecule has 1 heterocycles. The van der Waals surface area contributed by atoms with Gasteiger partial charge in [-0.05, 0) is 73.5 Å². The van der Waals surface area contributed by atoms with Gasteiger partial charge in [0, 0.05) is 18.8 Å². The van der Waals surface area contributed by atoms with E-state index in [1.54, 1.807) is 0 Å². The van der Waals surface area contributed by atoms with Crippen molar-refractivity contribution in [2.24, 2.45) is 11.8 Å². The van der Waals surface area contributed by atoms with Crippen LogP contribution in [0.25, 0.3) is 0 Å². The van der Waals surface area contributed by atoms with Gasteiger partial charge < -0.3 is 5.73 Å². The van der Waals surface area contributed by atoms with Crippen LogP contribution in [0, 0.1) is 11.8 Å². The van der Waals surface area contributed by atoms with Crippen LogP contribution in [-0.4, -0.2) is 36.1 Å². The second kappa shape index (κ2) is 10.7. The van der Waals surface area contributed by atoms with Crippen molar-refractivity contribution in [1.29, 1.82) is 0 Å². The third kappa shape index (κ3) is 6.89. The molecule has 1 aliphatic heterocycles. The van der Waals surface area contributed by atoms with E-state index in [4.69, 9.17) is 28.9 Å². The topological polar surface area (TPSA) is 32.5 Å². The maximum Gasteiger partial charge on any atom is 0.0595 e. The van der Waals surface area contributed by atoms with Crippen molar-refractivity contribution < 1.29 is 0 Å². The van der Waals surface area contributed by atoms with Crippen molar-refractivity contribution in [3.63, 3.8) is 0 Å². The summed E-state index contributed by atoms with van der Waals surface area (Å²) in [4.78, 5) is 5.13. The number of likely N-dealkylation sites (tertiary alicyclic amines) is 1. The second-order valence-electron chi connectivity index (χ2n) is 8.76. The largest absolute Gasteiger partial charge is 0.398 e. The fourth-order valence-corrected chi connectivity index (χ4v) is 4.54. The summed E-state index contributed by atoms with van der Waals surface area (Å²) in [5.41, 5.74) is 9.59. The quantitative estimate of drug-likeness (QED) is 0.522. The lowest BCUT2D eigenvalue weighted by Crippen LogP contribution is -2.43. The molecule has 3 nitrogen and oxygen atoms in total. The Morgan fingerprint density at radius 3 is 2.45 bits per heavy atom. The van der Waals surface area contributed by atoms with Gasteiger partial charge in [-0.15, -0.1) is 0 Å². The molecule has 0 amide bonds. The van der Waals surface area contributed by atoms with Crippen LogP contribution in [0.15, 0.2) is 42.5 Å². The van der Waals surface area contributed by atoms with Gasteiger partial charge in [0.1, 0.15) is 0 Å². The summed E-state index contributed by atoms with van der Waals surface area (Å²) in [5, 5.41) is 1.29. The van der Waals surface area contributed by atoms with E-state index in [9.17, 15) is 0 Å². The normalized spacial score (nSPS) is 16.1. The first-order valence-electron chi connectivity index (χ1n) is 10.6. The van der Waals surface area contributed by atoms with Crippen LogP contribution in [0.4, 0.5) is 5.69 Å². The number of hydrogen-bond donors (Lipinski definition) is 1. The molecule has 0 aliphatic carbocycles. The smallest absolute Gasteiger partial charge is 0.0595 e. The van der Waals surface area contributed by atoms with E-state index in [-0.39, 0.29) is 0 Å². The molecule has 0 bridgehead atoms. The monoisotopic (exact) mass is 433 g/mol.